The molecular weight excluding hydrogens is 440 g/mol. The van der Waals surface area contributed by atoms with Crippen LogP contribution in [0.5, 0.6) is 0 Å². The van der Waals surface area contributed by atoms with Crippen LogP contribution in [0, 0.1) is 13.8 Å². The number of carbonyl (C=O) groups is 1. The number of rotatable bonds is 5. The van der Waals surface area contributed by atoms with E-state index in [0.717, 1.165) is 15.4 Å². The molecule has 11 heteroatoms. The largest absolute Gasteiger partial charge is 0.377 e. The van der Waals surface area contributed by atoms with Crippen molar-refractivity contribution in [1.82, 2.24) is 20.1 Å². The Morgan fingerprint density at radius 1 is 1.23 bits per heavy atom. The van der Waals surface area contributed by atoms with E-state index in [2.05, 4.69) is 30.7 Å². The summed E-state index contributed by atoms with van der Waals surface area (Å²) in [5.74, 6) is 0.815. The van der Waals surface area contributed by atoms with E-state index in [1.165, 1.54) is 11.3 Å². The number of urea groups is 1. The molecule has 1 atom stereocenters. The molecule has 1 unspecified atom stereocenters. The first-order valence-corrected chi connectivity index (χ1v) is 10.5. The number of fused-ring (bicyclic) bond motifs is 1. The molecule has 0 fully saturated rings. The van der Waals surface area contributed by atoms with Crippen molar-refractivity contribution in [3.63, 3.8) is 0 Å². The van der Waals surface area contributed by atoms with Crippen molar-refractivity contribution in [2.45, 2.75) is 26.9 Å². The van der Waals surface area contributed by atoms with E-state index < -0.39 is 6.03 Å². The molecule has 1 aromatic carbocycles. The molecule has 31 heavy (non-hydrogen) atoms. The Kier molecular flexibility index (Phi) is 5.86. The van der Waals surface area contributed by atoms with Crippen molar-refractivity contribution in [2.24, 2.45) is 0 Å². The SMILES string of the molecule is COC(C)c1c(NC(=O)Nc2cc(Cl)cc(-c3noc(C)n3)c2)cnc2sc(C)nc12. The lowest BCUT2D eigenvalue weighted by atomic mass is 10.1. The number of thiazole rings is 1. The van der Waals surface area contributed by atoms with Crippen LogP contribution in [0.25, 0.3) is 21.7 Å². The molecule has 0 spiro atoms. The highest BCUT2D eigenvalue weighted by Crippen LogP contribution is 2.34. The van der Waals surface area contributed by atoms with Gasteiger partial charge in [-0.3, -0.25) is 0 Å². The summed E-state index contributed by atoms with van der Waals surface area (Å²) in [6.07, 6.45) is 1.32. The van der Waals surface area contributed by atoms with Crippen LogP contribution in [-0.2, 0) is 4.74 Å². The summed E-state index contributed by atoms with van der Waals surface area (Å²) >= 11 is 7.70. The fourth-order valence-corrected chi connectivity index (χ4v) is 4.13. The monoisotopic (exact) mass is 458 g/mol. The van der Waals surface area contributed by atoms with Gasteiger partial charge in [0.05, 0.1) is 23.0 Å². The topological polar surface area (TPSA) is 115 Å². The lowest BCUT2D eigenvalue weighted by Crippen LogP contribution is -2.21. The van der Waals surface area contributed by atoms with Gasteiger partial charge in [0.1, 0.15) is 10.3 Å². The molecule has 3 aromatic heterocycles. The van der Waals surface area contributed by atoms with Gasteiger partial charge >= 0.3 is 6.03 Å². The minimum Gasteiger partial charge on any atom is -0.377 e. The van der Waals surface area contributed by atoms with Gasteiger partial charge in [0.25, 0.3) is 0 Å². The smallest absolute Gasteiger partial charge is 0.323 e. The van der Waals surface area contributed by atoms with E-state index in [1.54, 1.807) is 38.4 Å². The first-order valence-electron chi connectivity index (χ1n) is 9.32. The second kappa shape index (κ2) is 8.58. The third-order valence-corrected chi connectivity index (χ3v) is 5.62. The van der Waals surface area contributed by atoms with Crippen molar-refractivity contribution in [1.29, 1.82) is 0 Å². The summed E-state index contributed by atoms with van der Waals surface area (Å²) in [6, 6.07) is 4.56. The van der Waals surface area contributed by atoms with Crippen LogP contribution < -0.4 is 10.6 Å². The van der Waals surface area contributed by atoms with Crippen LogP contribution in [0.15, 0.2) is 28.9 Å². The second-order valence-electron chi connectivity index (χ2n) is 6.79. The van der Waals surface area contributed by atoms with Crippen LogP contribution in [-0.4, -0.2) is 33.2 Å². The maximum absolute atomic E-state index is 12.7. The number of aromatic nitrogens is 4. The number of ether oxygens (including phenoxy) is 1. The number of hydrogen-bond donors (Lipinski definition) is 2. The van der Waals surface area contributed by atoms with Crippen molar-refractivity contribution < 1.29 is 14.1 Å². The quantitative estimate of drug-likeness (QED) is 0.413. The molecule has 2 amide bonds. The molecule has 0 radical (unpaired) electrons. The van der Waals surface area contributed by atoms with Gasteiger partial charge < -0.3 is 19.9 Å². The van der Waals surface area contributed by atoms with E-state index in [0.29, 0.717) is 39.2 Å². The van der Waals surface area contributed by atoms with E-state index in [1.807, 2.05) is 13.8 Å². The highest BCUT2D eigenvalue weighted by molar-refractivity contribution is 7.18. The normalized spacial score (nSPS) is 12.2. The molecule has 160 valence electrons. The fourth-order valence-electron chi connectivity index (χ4n) is 3.12. The Labute approximate surface area is 186 Å². The van der Waals surface area contributed by atoms with Gasteiger partial charge in [0.2, 0.25) is 11.7 Å². The number of nitrogens with one attached hydrogen (secondary N) is 2. The second-order valence-corrected chi connectivity index (χ2v) is 8.41. The molecule has 0 aliphatic carbocycles. The number of amides is 2. The van der Waals surface area contributed by atoms with Gasteiger partial charge in [-0.15, -0.1) is 0 Å². The maximum Gasteiger partial charge on any atom is 0.323 e. The lowest BCUT2D eigenvalue weighted by Gasteiger charge is -2.16. The summed E-state index contributed by atoms with van der Waals surface area (Å²) in [5.41, 5.74) is 3.09. The maximum atomic E-state index is 12.7. The third-order valence-electron chi connectivity index (χ3n) is 4.52. The highest BCUT2D eigenvalue weighted by Gasteiger charge is 2.20. The Bertz CT molecular complexity index is 1270. The highest BCUT2D eigenvalue weighted by atomic mass is 35.5. The molecule has 3 heterocycles. The van der Waals surface area contributed by atoms with Gasteiger partial charge in [-0.2, -0.15) is 4.98 Å². The van der Waals surface area contributed by atoms with Crippen LogP contribution in [0.2, 0.25) is 5.02 Å². The van der Waals surface area contributed by atoms with E-state index in [9.17, 15) is 4.79 Å². The summed E-state index contributed by atoms with van der Waals surface area (Å²) in [6.45, 7) is 5.50. The van der Waals surface area contributed by atoms with Gasteiger partial charge in [0, 0.05) is 35.9 Å². The minimum absolute atomic E-state index is 0.290. The zero-order valence-corrected chi connectivity index (χ0v) is 18.8. The average Bonchev–Trinajstić information content (AvgIpc) is 3.31. The van der Waals surface area contributed by atoms with E-state index >= 15 is 0 Å². The first kappa shape index (κ1) is 21.2. The van der Waals surface area contributed by atoms with Crippen LogP contribution in [0.1, 0.15) is 29.5 Å². The standard InChI is InChI=1S/C20H19ClN6O3S/c1-9(29-4)16-15(8-22-19-17(16)24-11(3)31-19)26-20(28)25-14-6-12(5-13(21)7-14)18-23-10(2)30-27-18/h5-9H,1-4H3,(H2,25,26,28). The lowest BCUT2D eigenvalue weighted by molar-refractivity contribution is 0.121. The van der Waals surface area contributed by atoms with Gasteiger partial charge in [-0.05, 0) is 32.0 Å². The number of anilines is 2. The molecule has 0 saturated heterocycles. The van der Waals surface area contributed by atoms with Crippen LogP contribution in [0.3, 0.4) is 0 Å². The predicted octanol–water partition coefficient (Wildman–Crippen LogP) is 5.36. The van der Waals surface area contributed by atoms with Gasteiger partial charge in [0.15, 0.2) is 0 Å². The van der Waals surface area contributed by atoms with E-state index in [-0.39, 0.29) is 6.10 Å². The molecule has 0 aliphatic heterocycles. The zero-order chi connectivity index (χ0) is 22.1. The van der Waals surface area contributed by atoms with Crippen LogP contribution >= 0.6 is 22.9 Å². The molecule has 4 rings (SSSR count). The molecular formula is C20H19ClN6O3S. The molecule has 0 saturated carbocycles. The Hall–Kier alpha value is -3.08. The van der Waals surface area contributed by atoms with E-state index in [4.69, 9.17) is 20.9 Å². The minimum atomic E-state index is -0.463. The average molecular weight is 459 g/mol. The number of benzene rings is 1. The summed E-state index contributed by atoms with van der Waals surface area (Å²) in [7, 11) is 1.60. The number of hydrogen-bond acceptors (Lipinski definition) is 8. The molecule has 9 nitrogen and oxygen atoms in total. The van der Waals surface area contributed by atoms with Crippen molar-refractivity contribution in [2.75, 3.05) is 17.7 Å². The summed E-state index contributed by atoms with van der Waals surface area (Å²) in [5, 5.41) is 10.8. The fraction of sp³-hybridized carbons (Fsp3) is 0.250. The number of halogens is 1. The summed E-state index contributed by atoms with van der Waals surface area (Å²) in [4.78, 5) is 26.7. The predicted molar refractivity (Wildman–Crippen MR) is 120 cm³/mol. The number of nitrogens with zero attached hydrogens (tertiary/aromatic N) is 4. The van der Waals surface area contributed by atoms with Gasteiger partial charge in [-0.25, -0.2) is 14.8 Å². The number of methoxy groups -OCH3 is 1. The Balaban J connectivity index is 1.61. The number of aryl methyl sites for hydroxylation is 2. The zero-order valence-electron chi connectivity index (χ0n) is 17.2. The third kappa shape index (κ3) is 4.50. The molecule has 2 N–H and O–H groups in total. The molecule has 4 aromatic rings. The van der Waals surface area contributed by atoms with Crippen molar-refractivity contribution in [3.8, 4) is 11.4 Å². The van der Waals surface area contributed by atoms with Gasteiger partial charge in [-0.1, -0.05) is 28.1 Å². The summed E-state index contributed by atoms with van der Waals surface area (Å²) < 4.78 is 10.5. The Morgan fingerprint density at radius 3 is 2.74 bits per heavy atom. The number of carbonyl (C=O) groups excluding carboxylic acids is 1. The van der Waals surface area contributed by atoms with Crippen molar-refractivity contribution in [3.05, 3.63) is 45.9 Å². The molecule has 0 aliphatic rings. The van der Waals surface area contributed by atoms with Crippen molar-refractivity contribution >= 4 is 50.7 Å². The van der Waals surface area contributed by atoms with Crippen LogP contribution in [0.4, 0.5) is 16.2 Å². The first-order chi connectivity index (χ1) is 14.8. The number of pyridine rings is 1. The Morgan fingerprint density at radius 2 is 2.03 bits per heavy atom. The molecule has 0 bridgehead atoms.